The van der Waals surface area contributed by atoms with E-state index in [-0.39, 0.29) is 5.78 Å². The summed E-state index contributed by atoms with van der Waals surface area (Å²) in [5.74, 6) is -0.139. The van der Waals surface area contributed by atoms with Gasteiger partial charge in [-0.3, -0.25) is 4.79 Å². The molecule has 0 radical (unpaired) electrons. The van der Waals surface area contributed by atoms with Gasteiger partial charge < -0.3 is 0 Å². The Morgan fingerprint density at radius 1 is 0.826 bits per heavy atom. The number of hydrogen-bond acceptors (Lipinski definition) is 4. The van der Waals surface area contributed by atoms with Gasteiger partial charge in [-0.2, -0.15) is 5.10 Å². The molecule has 0 aliphatic rings. The van der Waals surface area contributed by atoms with Gasteiger partial charge >= 0.3 is 0 Å². The van der Waals surface area contributed by atoms with Gasteiger partial charge in [0.2, 0.25) is 5.78 Å². The molecule has 0 atom stereocenters. The quantitative estimate of drug-likeness (QED) is 0.389. The average Bonchev–Trinajstić information content (AvgIpc) is 3.13. The van der Waals surface area contributed by atoms with Crippen LogP contribution in [0.1, 0.15) is 20.8 Å². The van der Waals surface area contributed by atoms with E-state index in [9.17, 15) is 4.79 Å². The molecule has 0 saturated carbocycles. The van der Waals surface area contributed by atoms with Crippen LogP contribution in [0.5, 0.6) is 0 Å². The highest BCUT2D eigenvalue weighted by Gasteiger charge is 2.15. The summed E-state index contributed by atoms with van der Waals surface area (Å²) in [7, 11) is 0. The lowest BCUT2D eigenvalue weighted by molar-refractivity contribution is 0.106. The highest BCUT2D eigenvalue weighted by molar-refractivity contribution is 7.11. The van der Waals surface area contributed by atoms with Gasteiger partial charge in [0.25, 0.3) is 0 Å². The molecule has 1 heterocycles. The maximum Gasteiger partial charge on any atom is 0.213 e. The topological polar surface area (TPSA) is 41.8 Å². The molecule has 0 aliphatic heterocycles. The first-order valence-corrected chi connectivity index (χ1v) is 8.02. The maximum atomic E-state index is 12.7. The zero-order chi connectivity index (χ0) is 15.9. The molecule has 0 saturated heterocycles. The Kier molecular flexibility index (Phi) is 4.86. The minimum atomic E-state index is -0.139. The Balaban J connectivity index is 1.96. The zero-order valence-corrected chi connectivity index (χ0v) is 13.1. The van der Waals surface area contributed by atoms with Crippen molar-refractivity contribution in [1.29, 1.82) is 0 Å². The van der Waals surface area contributed by atoms with E-state index in [0.717, 1.165) is 10.4 Å². The van der Waals surface area contributed by atoms with Crippen LogP contribution in [0.4, 0.5) is 0 Å². The summed E-state index contributed by atoms with van der Waals surface area (Å²) in [4.78, 5) is 13.7. The number of carbonyl (C=O) groups is 1. The van der Waals surface area contributed by atoms with Crippen LogP contribution in [0.3, 0.4) is 0 Å². The molecule has 4 heteroatoms. The van der Waals surface area contributed by atoms with Gasteiger partial charge in [0.15, 0.2) is 0 Å². The predicted octanol–water partition coefficient (Wildman–Crippen LogP) is 4.45. The van der Waals surface area contributed by atoms with E-state index in [2.05, 4.69) is 10.2 Å². The summed E-state index contributed by atoms with van der Waals surface area (Å²) in [6.45, 7) is 0. The Bertz CT molecular complexity index is 822. The van der Waals surface area contributed by atoms with Crippen molar-refractivity contribution in [2.75, 3.05) is 0 Å². The van der Waals surface area contributed by atoms with Crippen LogP contribution in [0, 0.1) is 0 Å². The van der Waals surface area contributed by atoms with E-state index in [1.165, 1.54) is 0 Å². The fourth-order valence-electron chi connectivity index (χ4n) is 2.06. The largest absolute Gasteiger partial charge is 0.287 e. The molecule has 1 aromatic heterocycles. The summed E-state index contributed by atoms with van der Waals surface area (Å²) in [5, 5.41) is 10.2. The van der Waals surface area contributed by atoms with Gasteiger partial charge in [0.05, 0.1) is 6.21 Å². The number of ketones is 1. The van der Waals surface area contributed by atoms with E-state index in [4.69, 9.17) is 0 Å². The normalized spacial score (nSPS) is 11.7. The Hall–Kier alpha value is -2.85. The molecule has 0 spiro atoms. The van der Waals surface area contributed by atoms with E-state index >= 15 is 0 Å². The average molecular weight is 318 g/mol. The molecule has 0 unspecified atom stereocenters. The van der Waals surface area contributed by atoms with Gasteiger partial charge in [-0.05, 0) is 11.4 Å². The second-order valence-electron chi connectivity index (χ2n) is 4.77. The van der Waals surface area contributed by atoms with Gasteiger partial charge in [-0.15, -0.1) is 16.4 Å². The van der Waals surface area contributed by atoms with E-state index in [1.54, 1.807) is 29.7 Å². The molecule has 0 aliphatic carbocycles. The monoisotopic (exact) mass is 318 g/mol. The number of thiophene rings is 1. The van der Waals surface area contributed by atoms with Crippen molar-refractivity contribution >= 4 is 29.0 Å². The maximum absolute atomic E-state index is 12.7. The summed E-state index contributed by atoms with van der Waals surface area (Å²) in [6, 6.07) is 22.4. The van der Waals surface area contributed by atoms with E-state index in [0.29, 0.717) is 11.3 Å². The molecule has 112 valence electrons. The van der Waals surface area contributed by atoms with Crippen molar-refractivity contribution in [1.82, 2.24) is 0 Å². The number of hydrogen-bond donors (Lipinski definition) is 0. The molecular formula is C19H14N2OS. The Morgan fingerprint density at radius 2 is 1.48 bits per heavy atom. The molecule has 3 nitrogen and oxygen atoms in total. The Labute approximate surface area is 138 Å². The van der Waals surface area contributed by atoms with Crippen molar-refractivity contribution in [2.24, 2.45) is 10.2 Å². The fraction of sp³-hybridized carbons (Fsp3) is 0. The number of rotatable bonds is 5. The molecule has 0 amide bonds. The van der Waals surface area contributed by atoms with Crippen LogP contribution >= 0.6 is 11.3 Å². The molecule has 0 N–H and O–H groups in total. The SMILES string of the molecule is O=C(/C(=N/N=C\c1cccs1)c1ccccc1)c1ccccc1. The Morgan fingerprint density at radius 3 is 2.09 bits per heavy atom. The van der Waals surface area contributed by atoms with Crippen LogP contribution in [0.25, 0.3) is 0 Å². The number of benzene rings is 2. The first-order chi connectivity index (χ1) is 11.3. The van der Waals surface area contributed by atoms with Crippen molar-refractivity contribution < 1.29 is 4.79 Å². The number of Topliss-reactive ketones (excluding diaryl/α,β-unsaturated/α-hetero) is 1. The fourth-order valence-corrected chi connectivity index (χ4v) is 2.64. The molecule has 3 aromatic rings. The molecule has 23 heavy (non-hydrogen) atoms. The lowest BCUT2D eigenvalue weighted by Gasteiger charge is -2.04. The third-order valence-corrected chi connectivity index (χ3v) is 3.99. The first kappa shape index (κ1) is 15.1. The van der Waals surface area contributed by atoms with E-state index < -0.39 is 0 Å². The van der Waals surface area contributed by atoms with Crippen LogP contribution in [0.15, 0.2) is 88.4 Å². The summed E-state index contributed by atoms with van der Waals surface area (Å²) in [5.41, 5.74) is 1.69. The highest BCUT2D eigenvalue weighted by Crippen LogP contribution is 2.10. The smallest absolute Gasteiger partial charge is 0.213 e. The summed E-state index contributed by atoms with van der Waals surface area (Å²) in [6.07, 6.45) is 1.66. The molecular weight excluding hydrogens is 304 g/mol. The van der Waals surface area contributed by atoms with Crippen LogP contribution < -0.4 is 0 Å². The number of nitrogens with zero attached hydrogens (tertiary/aromatic N) is 2. The van der Waals surface area contributed by atoms with Crippen LogP contribution in [-0.2, 0) is 0 Å². The third kappa shape index (κ3) is 3.87. The second-order valence-corrected chi connectivity index (χ2v) is 5.75. The zero-order valence-electron chi connectivity index (χ0n) is 12.3. The molecule has 0 fully saturated rings. The summed E-state index contributed by atoms with van der Waals surface area (Å²) >= 11 is 1.57. The highest BCUT2D eigenvalue weighted by atomic mass is 32.1. The minimum absolute atomic E-state index is 0.139. The molecule has 0 bridgehead atoms. The first-order valence-electron chi connectivity index (χ1n) is 7.14. The van der Waals surface area contributed by atoms with Gasteiger partial charge in [-0.1, -0.05) is 66.7 Å². The van der Waals surface area contributed by atoms with Gasteiger partial charge in [-0.25, -0.2) is 0 Å². The minimum Gasteiger partial charge on any atom is -0.287 e. The van der Waals surface area contributed by atoms with Crippen molar-refractivity contribution in [3.63, 3.8) is 0 Å². The second kappa shape index (κ2) is 7.42. The van der Waals surface area contributed by atoms with Gasteiger partial charge in [0, 0.05) is 16.0 Å². The van der Waals surface area contributed by atoms with Gasteiger partial charge in [0.1, 0.15) is 5.71 Å². The van der Waals surface area contributed by atoms with Crippen LogP contribution in [-0.4, -0.2) is 17.7 Å². The predicted molar refractivity (Wildman–Crippen MR) is 95.7 cm³/mol. The van der Waals surface area contributed by atoms with Crippen LogP contribution in [0.2, 0.25) is 0 Å². The molecule has 2 aromatic carbocycles. The van der Waals surface area contributed by atoms with Crippen molar-refractivity contribution in [2.45, 2.75) is 0 Å². The summed E-state index contributed by atoms with van der Waals surface area (Å²) < 4.78 is 0. The van der Waals surface area contributed by atoms with E-state index in [1.807, 2.05) is 66.0 Å². The lowest BCUT2D eigenvalue weighted by atomic mass is 10.0. The molecule has 3 rings (SSSR count). The third-order valence-electron chi connectivity index (χ3n) is 3.18. The van der Waals surface area contributed by atoms with Crippen molar-refractivity contribution in [3.8, 4) is 0 Å². The van der Waals surface area contributed by atoms with Crippen molar-refractivity contribution in [3.05, 3.63) is 94.2 Å². The number of carbonyl (C=O) groups excluding carboxylic acids is 1. The standard InChI is InChI=1S/C19H14N2OS/c22-19(16-10-5-2-6-11-16)18(15-8-3-1-4-9-15)21-20-14-17-12-7-13-23-17/h1-14H/b20-14-,21-18+. The lowest BCUT2D eigenvalue weighted by Crippen LogP contribution is -2.15.